The second-order valence-corrected chi connectivity index (χ2v) is 23.5. The molecule has 0 unspecified atom stereocenters. The molecule has 2 aromatic heterocycles. The second kappa shape index (κ2) is 20.2. The fourth-order valence-electron chi connectivity index (χ4n) is 6.35. The van der Waals surface area contributed by atoms with Gasteiger partial charge < -0.3 is 32.5 Å². The van der Waals surface area contributed by atoms with Gasteiger partial charge in [0.05, 0.1) is 21.7 Å². The van der Waals surface area contributed by atoms with E-state index in [9.17, 15) is 82.9 Å². The molecule has 7 aromatic rings. The zero-order valence-electron chi connectivity index (χ0n) is 36.2. The molecule has 76 heavy (non-hydrogen) atoms. The summed E-state index contributed by atoms with van der Waals surface area (Å²) in [6.07, 6.45) is 0. The second-order valence-electron chi connectivity index (χ2n) is 14.5. The molecule has 42 heteroatoms. The SMILES string of the molecule is Nc1nc(Cl)nc(Nc2cc(Nc3nc(Cl)nc(Nc4ccc(S(=O)(=O)O)c(N=Nc5c(S(=O)(=O)O)cc6cc(S(=O)(=O)O)c(N=Nc7cc(S(=O)(=O)O)ccc7S(=O)(=O)O)c(N)c6c5O)c4)n3)ccc2S(=O)(=O)O)n1. The van der Waals surface area contributed by atoms with Crippen LogP contribution in [-0.4, -0.2) is 113 Å². The van der Waals surface area contributed by atoms with Gasteiger partial charge in [0.2, 0.25) is 34.4 Å². The average molecular weight is 1210 g/mol. The number of azo groups is 2. The number of halogens is 2. The van der Waals surface area contributed by atoms with Gasteiger partial charge in [0.1, 0.15) is 47.2 Å². The number of nitrogens with one attached hydrogen (secondary N) is 3. The number of aromatic hydroxyl groups is 1. The molecule has 0 bridgehead atoms. The van der Waals surface area contributed by atoms with Crippen molar-refractivity contribution >= 4 is 164 Å². The minimum Gasteiger partial charge on any atom is -0.505 e. The minimum atomic E-state index is -5.59. The minimum absolute atomic E-state index is 0.0113. The first-order valence-corrected chi connectivity index (χ1v) is 28.5. The molecule has 0 atom stereocenters. The highest BCUT2D eigenvalue weighted by Crippen LogP contribution is 2.49. The maximum atomic E-state index is 12.7. The molecule has 5 aromatic carbocycles. The first-order valence-electron chi connectivity index (χ1n) is 19.1. The molecule has 0 radical (unpaired) electrons. The van der Waals surface area contributed by atoms with Crippen LogP contribution in [0.2, 0.25) is 10.6 Å². The molecule has 14 N–H and O–H groups in total. The van der Waals surface area contributed by atoms with Crippen molar-refractivity contribution in [1.82, 2.24) is 29.9 Å². The molecule has 400 valence electrons. The van der Waals surface area contributed by atoms with E-state index < -0.39 is 146 Å². The summed E-state index contributed by atoms with van der Waals surface area (Å²) in [5.41, 5.74) is 5.69. The quantitative estimate of drug-likeness (QED) is 0.0347. The van der Waals surface area contributed by atoms with Gasteiger partial charge in [-0.25, -0.2) is 0 Å². The van der Waals surface area contributed by atoms with Crippen LogP contribution in [0.15, 0.2) is 117 Å². The Bertz CT molecular complexity index is 4390. The number of aromatic nitrogens is 6. The summed E-state index contributed by atoms with van der Waals surface area (Å²) in [4.78, 5) is 16.4. The van der Waals surface area contributed by atoms with Crippen LogP contribution >= 0.6 is 23.2 Å². The zero-order chi connectivity index (χ0) is 56.2. The van der Waals surface area contributed by atoms with Gasteiger partial charge in [0.25, 0.3) is 60.7 Å². The lowest BCUT2D eigenvalue weighted by Gasteiger charge is -2.14. The molecule has 0 saturated heterocycles. The Balaban J connectivity index is 1.30. The van der Waals surface area contributed by atoms with Gasteiger partial charge >= 0.3 is 0 Å². The number of hydrogen-bond donors (Lipinski definition) is 12. The van der Waals surface area contributed by atoms with E-state index in [1.54, 1.807) is 0 Å². The predicted octanol–water partition coefficient (Wildman–Crippen LogP) is 4.93. The van der Waals surface area contributed by atoms with Crippen LogP contribution in [0.5, 0.6) is 5.75 Å². The number of phenolic OH excluding ortho intramolecular Hbond substituents is 1. The molecule has 0 aliphatic rings. The van der Waals surface area contributed by atoms with Gasteiger partial charge in [-0.2, -0.15) is 80.4 Å². The third kappa shape index (κ3) is 12.7. The van der Waals surface area contributed by atoms with Crippen molar-refractivity contribution < 1.29 is 82.9 Å². The van der Waals surface area contributed by atoms with Crippen molar-refractivity contribution in [2.75, 3.05) is 27.4 Å². The zero-order valence-corrected chi connectivity index (χ0v) is 42.6. The van der Waals surface area contributed by atoms with E-state index in [0.29, 0.717) is 30.3 Å². The molecule has 0 spiro atoms. The Morgan fingerprint density at radius 3 is 1.38 bits per heavy atom. The van der Waals surface area contributed by atoms with Gasteiger partial charge in [-0.3, -0.25) is 27.3 Å². The number of nitrogens with zero attached hydrogens (tertiary/aromatic N) is 10. The third-order valence-corrected chi connectivity index (χ3v) is 15.0. The number of nitrogen functional groups attached to an aromatic ring is 2. The van der Waals surface area contributed by atoms with Crippen molar-refractivity contribution in [2.24, 2.45) is 20.5 Å². The van der Waals surface area contributed by atoms with E-state index in [4.69, 9.17) is 34.7 Å². The number of rotatable bonds is 16. The molecule has 0 aliphatic heterocycles. The molecule has 7 rings (SSSR count). The standard InChI is InChI=1S/C34H25Cl2N15O19S6/c35-29-42-31(38)46-34(43-29)41-16-9-13(1-4-19(16)72(56,57)58)39-32-44-30(36)45-33(47-32)40-14-2-5-20(73(59,60)61)17(10-14)48-51-27-23(76(68,69)70)8-12-7-22(75(65,66)67)26(25(37)24(12)28(27)52)50-49-18-11-15(71(53,54)55)3-6-21(18)74(62,63)64/h1-11,52H,37H2,(H,53,54,55)(H,56,57,58)(H,59,60,61)(H,62,63,64)(H,65,66,67)(H,68,69,70)(H3,38,41,42,43,46)(H2,39,40,44,45,47). The molecule has 2 heterocycles. The van der Waals surface area contributed by atoms with Crippen molar-refractivity contribution in [3.8, 4) is 5.75 Å². The molecular weight excluding hydrogens is 1190 g/mol. The summed E-state index contributed by atoms with van der Waals surface area (Å²) < 4.78 is 207. The lowest BCUT2D eigenvalue weighted by Crippen LogP contribution is -2.08. The van der Waals surface area contributed by atoms with Gasteiger partial charge in [0.15, 0.2) is 5.75 Å². The maximum absolute atomic E-state index is 12.7. The number of hydrogen-bond acceptors (Lipinski definition) is 28. The van der Waals surface area contributed by atoms with Crippen molar-refractivity contribution in [1.29, 1.82) is 0 Å². The predicted molar refractivity (Wildman–Crippen MR) is 261 cm³/mol. The van der Waals surface area contributed by atoms with E-state index >= 15 is 0 Å². The van der Waals surface area contributed by atoms with Crippen LogP contribution in [0, 0.1) is 0 Å². The lowest BCUT2D eigenvalue weighted by molar-refractivity contribution is 0.472. The van der Waals surface area contributed by atoms with Crippen molar-refractivity contribution in [2.45, 2.75) is 29.4 Å². The Labute approximate surface area is 434 Å². The topological polar surface area (TPSA) is 561 Å². The number of phenols is 1. The van der Waals surface area contributed by atoms with Crippen LogP contribution in [0.3, 0.4) is 0 Å². The number of fused-ring (bicyclic) bond motifs is 1. The van der Waals surface area contributed by atoms with E-state index in [-0.39, 0.29) is 40.2 Å². The van der Waals surface area contributed by atoms with Crippen LogP contribution in [0.25, 0.3) is 10.8 Å². The number of nitrogens with two attached hydrogens (primary N) is 2. The molecule has 0 saturated carbocycles. The van der Waals surface area contributed by atoms with Crippen molar-refractivity contribution in [3.63, 3.8) is 0 Å². The van der Waals surface area contributed by atoms with Gasteiger partial charge in [-0.1, -0.05) is 0 Å². The summed E-state index contributed by atoms with van der Waals surface area (Å²) in [6.45, 7) is 0. The molecule has 34 nitrogen and oxygen atoms in total. The highest BCUT2D eigenvalue weighted by Gasteiger charge is 2.29. The van der Waals surface area contributed by atoms with Crippen molar-refractivity contribution in [3.05, 3.63) is 77.3 Å². The average Bonchev–Trinajstić information content (AvgIpc) is 3.25. The fraction of sp³-hybridized carbons (Fsp3) is 0. The van der Waals surface area contributed by atoms with Crippen LogP contribution < -0.4 is 27.4 Å². The van der Waals surface area contributed by atoms with E-state index in [1.807, 2.05) is 0 Å². The van der Waals surface area contributed by atoms with Crippen LogP contribution in [0.1, 0.15) is 0 Å². The highest BCUT2D eigenvalue weighted by molar-refractivity contribution is 7.87. The summed E-state index contributed by atoms with van der Waals surface area (Å²) in [7, 11) is -31.7. The summed E-state index contributed by atoms with van der Waals surface area (Å²) >= 11 is 12.0. The van der Waals surface area contributed by atoms with E-state index in [0.717, 1.165) is 36.4 Å². The van der Waals surface area contributed by atoms with Crippen LogP contribution in [-0.2, 0) is 60.7 Å². The smallest absolute Gasteiger partial charge is 0.296 e. The first-order chi connectivity index (χ1) is 35.0. The van der Waals surface area contributed by atoms with E-state index in [2.05, 4.69) is 66.3 Å². The maximum Gasteiger partial charge on any atom is 0.296 e. The van der Waals surface area contributed by atoms with Gasteiger partial charge in [0, 0.05) is 11.4 Å². The Morgan fingerprint density at radius 1 is 0.447 bits per heavy atom. The number of benzene rings is 5. The monoisotopic (exact) mass is 1210 g/mol. The first kappa shape index (κ1) is 56.2. The largest absolute Gasteiger partial charge is 0.505 e. The fourth-order valence-corrected chi connectivity index (χ4v) is 10.3. The van der Waals surface area contributed by atoms with Gasteiger partial charge in [-0.15, -0.1) is 20.5 Å². The number of anilines is 8. The Hall–Kier alpha value is -7.58. The van der Waals surface area contributed by atoms with Gasteiger partial charge in [-0.05, 0) is 95.3 Å². The van der Waals surface area contributed by atoms with Crippen LogP contribution in [0.4, 0.5) is 69.3 Å². The van der Waals surface area contributed by atoms with E-state index in [1.165, 1.54) is 0 Å². The summed E-state index contributed by atoms with van der Waals surface area (Å²) in [6, 6.07) is 7.91. The molecule has 0 amide bonds. The normalized spacial score (nSPS) is 12.9. The molecule has 0 fully saturated rings. The lowest BCUT2D eigenvalue weighted by atomic mass is 10.1. The third-order valence-electron chi connectivity index (χ3n) is 9.38. The molecular formula is C34H25Cl2N15O19S6. The summed E-state index contributed by atoms with van der Waals surface area (Å²) in [5.74, 6) is -2.91. The Morgan fingerprint density at radius 2 is 0.882 bits per heavy atom. The Kier molecular flexibility index (Phi) is 14.9. The molecule has 0 aliphatic carbocycles. The summed E-state index contributed by atoms with van der Waals surface area (Å²) in [5, 5.41) is 31.0. The highest BCUT2D eigenvalue weighted by atomic mass is 35.5.